The standard InChI is InChI=1S/C18H18N2O4/c1-24-18(23)14-8-5-9-15(12-14)20-17(22)16(21)19-11-10-13-6-3-2-4-7-13/h2-9,12H,10-11H2,1H3,(H,19,21)(H,20,22). The molecule has 0 atom stereocenters. The van der Waals surface area contributed by atoms with Gasteiger partial charge in [-0.25, -0.2) is 4.79 Å². The van der Waals surface area contributed by atoms with E-state index in [-0.39, 0.29) is 0 Å². The van der Waals surface area contributed by atoms with Crippen LogP contribution < -0.4 is 10.6 Å². The molecule has 24 heavy (non-hydrogen) atoms. The fourth-order valence-electron chi connectivity index (χ4n) is 2.07. The van der Waals surface area contributed by atoms with Gasteiger partial charge in [-0.15, -0.1) is 0 Å². The predicted octanol–water partition coefficient (Wildman–Crippen LogP) is 1.77. The monoisotopic (exact) mass is 326 g/mol. The number of ether oxygens (including phenoxy) is 1. The molecule has 2 N–H and O–H groups in total. The third-order valence-corrected chi connectivity index (χ3v) is 3.29. The number of amides is 2. The molecule has 6 heteroatoms. The molecular weight excluding hydrogens is 308 g/mol. The lowest BCUT2D eigenvalue weighted by Gasteiger charge is -2.07. The van der Waals surface area contributed by atoms with E-state index >= 15 is 0 Å². The van der Waals surface area contributed by atoms with E-state index in [1.54, 1.807) is 18.2 Å². The van der Waals surface area contributed by atoms with Gasteiger partial charge in [-0.05, 0) is 30.2 Å². The van der Waals surface area contributed by atoms with E-state index in [9.17, 15) is 14.4 Å². The van der Waals surface area contributed by atoms with E-state index in [0.717, 1.165) is 5.56 Å². The first kappa shape index (κ1) is 17.2. The smallest absolute Gasteiger partial charge is 0.337 e. The molecule has 0 saturated carbocycles. The molecule has 124 valence electrons. The third-order valence-electron chi connectivity index (χ3n) is 3.29. The van der Waals surface area contributed by atoms with Crippen molar-refractivity contribution in [2.45, 2.75) is 6.42 Å². The zero-order valence-corrected chi connectivity index (χ0v) is 13.2. The van der Waals surface area contributed by atoms with Crippen LogP contribution in [0.1, 0.15) is 15.9 Å². The Balaban J connectivity index is 1.85. The molecule has 2 aromatic carbocycles. The Labute approximate surface area is 139 Å². The van der Waals surface area contributed by atoms with Crippen LogP contribution in [-0.2, 0) is 20.7 Å². The van der Waals surface area contributed by atoms with E-state index in [1.165, 1.54) is 13.2 Å². The average molecular weight is 326 g/mol. The first-order valence-electron chi connectivity index (χ1n) is 7.41. The number of nitrogens with one attached hydrogen (secondary N) is 2. The van der Waals surface area contributed by atoms with Gasteiger partial charge < -0.3 is 15.4 Å². The van der Waals surface area contributed by atoms with Gasteiger partial charge in [0.25, 0.3) is 0 Å². The highest BCUT2D eigenvalue weighted by Crippen LogP contribution is 2.11. The Kier molecular flexibility index (Phi) is 6.08. The lowest BCUT2D eigenvalue weighted by molar-refractivity contribution is -0.136. The number of rotatable bonds is 5. The van der Waals surface area contributed by atoms with Gasteiger partial charge in [0.2, 0.25) is 0 Å². The van der Waals surface area contributed by atoms with Crippen LogP contribution in [0, 0.1) is 0 Å². The maximum Gasteiger partial charge on any atom is 0.337 e. The van der Waals surface area contributed by atoms with Gasteiger partial charge in [0, 0.05) is 12.2 Å². The second-order valence-corrected chi connectivity index (χ2v) is 5.02. The molecule has 0 fully saturated rings. The van der Waals surface area contributed by atoms with Crippen molar-refractivity contribution >= 4 is 23.5 Å². The van der Waals surface area contributed by atoms with Crippen molar-refractivity contribution in [1.29, 1.82) is 0 Å². The lowest BCUT2D eigenvalue weighted by Crippen LogP contribution is -2.36. The number of esters is 1. The molecule has 0 aliphatic heterocycles. The number of benzene rings is 2. The van der Waals surface area contributed by atoms with E-state index in [2.05, 4.69) is 15.4 Å². The van der Waals surface area contributed by atoms with Crippen LogP contribution in [0.2, 0.25) is 0 Å². The first-order chi connectivity index (χ1) is 11.6. The van der Waals surface area contributed by atoms with E-state index in [4.69, 9.17) is 0 Å². The second-order valence-electron chi connectivity index (χ2n) is 5.02. The summed E-state index contributed by atoms with van der Waals surface area (Å²) in [5, 5.41) is 5.01. The van der Waals surface area contributed by atoms with E-state index < -0.39 is 17.8 Å². The lowest BCUT2D eigenvalue weighted by atomic mass is 10.1. The summed E-state index contributed by atoms with van der Waals surface area (Å²) >= 11 is 0. The molecule has 0 radical (unpaired) electrons. The van der Waals surface area contributed by atoms with Gasteiger partial charge in [0.1, 0.15) is 0 Å². The van der Waals surface area contributed by atoms with Crippen molar-refractivity contribution < 1.29 is 19.1 Å². The van der Waals surface area contributed by atoms with Gasteiger partial charge >= 0.3 is 17.8 Å². The van der Waals surface area contributed by atoms with Crippen LogP contribution in [-0.4, -0.2) is 31.4 Å². The van der Waals surface area contributed by atoms with Crippen molar-refractivity contribution in [1.82, 2.24) is 5.32 Å². The van der Waals surface area contributed by atoms with Crippen molar-refractivity contribution in [2.75, 3.05) is 19.0 Å². The Morgan fingerprint density at radius 3 is 2.42 bits per heavy atom. The van der Waals surface area contributed by atoms with Crippen LogP contribution in [0.25, 0.3) is 0 Å². The van der Waals surface area contributed by atoms with Gasteiger partial charge in [0.15, 0.2) is 0 Å². The summed E-state index contributed by atoms with van der Waals surface area (Å²) in [5.41, 5.74) is 1.71. The third kappa shape index (κ3) is 4.95. The van der Waals surface area contributed by atoms with Crippen LogP contribution in [0.4, 0.5) is 5.69 Å². The fourth-order valence-corrected chi connectivity index (χ4v) is 2.07. The topological polar surface area (TPSA) is 84.5 Å². The van der Waals surface area contributed by atoms with Crippen molar-refractivity contribution in [2.24, 2.45) is 0 Å². The molecule has 2 amide bonds. The van der Waals surface area contributed by atoms with Gasteiger partial charge in [-0.3, -0.25) is 9.59 Å². The minimum absolute atomic E-state index is 0.291. The molecule has 0 bridgehead atoms. The largest absolute Gasteiger partial charge is 0.465 e. The molecule has 0 heterocycles. The SMILES string of the molecule is COC(=O)c1cccc(NC(=O)C(=O)NCCc2ccccc2)c1. The average Bonchev–Trinajstić information content (AvgIpc) is 2.62. The fraction of sp³-hybridized carbons (Fsp3) is 0.167. The number of anilines is 1. The Hall–Kier alpha value is -3.15. The summed E-state index contributed by atoms with van der Waals surface area (Å²) < 4.78 is 4.61. The highest BCUT2D eigenvalue weighted by molar-refractivity contribution is 6.39. The maximum absolute atomic E-state index is 11.9. The summed E-state index contributed by atoms with van der Waals surface area (Å²) in [6, 6.07) is 15.8. The highest BCUT2D eigenvalue weighted by atomic mass is 16.5. The number of hydrogen-bond acceptors (Lipinski definition) is 4. The van der Waals surface area contributed by atoms with Crippen LogP contribution in [0.5, 0.6) is 0 Å². The van der Waals surface area contributed by atoms with Crippen LogP contribution in [0.15, 0.2) is 54.6 Å². The molecule has 0 spiro atoms. The summed E-state index contributed by atoms with van der Waals surface area (Å²) in [4.78, 5) is 35.1. The number of carbonyl (C=O) groups excluding carboxylic acids is 3. The van der Waals surface area contributed by atoms with Crippen LogP contribution >= 0.6 is 0 Å². The summed E-state index contributed by atoms with van der Waals surface area (Å²) in [6.45, 7) is 0.360. The second kappa shape index (κ2) is 8.47. The number of carbonyl (C=O) groups is 3. The van der Waals surface area contributed by atoms with Crippen molar-refractivity contribution in [3.05, 3.63) is 65.7 Å². The minimum atomic E-state index is -0.787. The molecule has 0 unspecified atom stereocenters. The Morgan fingerprint density at radius 2 is 1.71 bits per heavy atom. The molecule has 0 saturated heterocycles. The molecule has 6 nitrogen and oxygen atoms in total. The first-order valence-corrected chi connectivity index (χ1v) is 7.41. The predicted molar refractivity (Wildman–Crippen MR) is 89.6 cm³/mol. The van der Waals surface area contributed by atoms with Crippen LogP contribution in [0.3, 0.4) is 0 Å². The van der Waals surface area contributed by atoms with Gasteiger partial charge in [-0.1, -0.05) is 36.4 Å². The Morgan fingerprint density at radius 1 is 0.958 bits per heavy atom. The Bertz CT molecular complexity index is 729. The van der Waals surface area contributed by atoms with Crippen molar-refractivity contribution in [3.8, 4) is 0 Å². The van der Waals surface area contributed by atoms with Gasteiger partial charge in [0.05, 0.1) is 12.7 Å². The zero-order chi connectivity index (χ0) is 17.4. The number of hydrogen-bond donors (Lipinski definition) is 2. The quantitative estimate of drug-likeness (QED) is 0.648. The molecule has 0 aromatic heterocycles. The van der Waals surface area contributed by atoms with E-state index in [0.29, 0.717) is 24.2 Å². The zero-order valence-electron chi connectivity index (χ0n) is 13.2. The normalized spacial score (nSPS) is 9.88. The molecular formula is C18H18N2O4. The molecule has 2 aromatic rings. The number of methoxy groups -OCH3 is 1. The molecule has 2 rings (SSSR count). The maximum atomic E-state index is 11.9. The summed E-state index contributed by atoms with van der Waals surface area (Å²) in [5.74, 6) is -2.03. The van der Waals surface area contributed by atoms with Crippen molar-refractivity contribution in [3.63, 3.8) is 0 Å². The summed E-state index contributed by atoms with van der Waals surface area (Å²) in [6.07, 6.45) is 0.637. The van der Waals surface area contributed by atoms with E-state index in [1.807, 2.05) is 30.3 Å². The summed E-state index contributed by atoms with van der Waals surface area (Å²) in [7, 11) is 1.27. The highest BCUT2D eigenvalue weighted by Gasteiger charge is 2.14. The molecule has 0 aliphatic carbocycles. The molecule has 0 aliphatic rings. The minimum Gasteiger partial charge on any atom is -0.465 e. The van der Waals surface area contributed by atoms with Gasteiger partial charge in [-0.2, -0.15) is 0 Å².